The molecule has 8 heteroatoms. The fourth-order valence-electron chi connectivity index (χ4n) is 2.24. The van der Waals surface area contributed by atoms with Crippen molar-refractivity contribution in [2.45, 2.75) is 32.6 Å². The van der Waals surface area contributed by atoms with E-state index in [0.29, 0.717) is 5.82 Å². The van der Waals surface area contributed by atoms with Gasteiger partial charge in [-0.15, -0.1) is 5.10 Å². The molecule has 1 aromatic carbocycles. The van der Waals surface area contributed by atoms with Gasteiger partial charge in [-0.2, -0.15) is 0 Å². The van der Waals surface area contributed by atoms with Crippen LogP contribution in [0, 0.1) is 6.92 Å². The number of nitrogens with two attached hydrogens (primary N) is 1. The molecule has 2 rings (SSSR count). The van der Waals surface area contributed by atoms with Crippen molar-refractivity contribution < 1.29 is 13.6 Å². The fraction of sp³-hybridized carbons (Fsp3) is 0.438. The molecule has 0 bridgehead atoms. The standard InChI is InChI=1S/C16H21F2N5O/c1-10(2)12-6-4-5-7-13(12)23-11(3)21-14(22-23)15(24)20-9-16(17,18)8-19/h4-7,10H,8-9,19H2,1-3H3,(H,20,24). The smallest absolute Gasteiger partial charge is 0.291 e. The van der Waals surface area contributed by atoms with Crippen molar-refractivity contribution >= 4 is 5.91 Å². The molecule has 6 nitrogen and oxygen atoms in total. The summed E-state index contributed by atoms with van der Waals surface area (Å²) in [7, 11) is 0. The molecule has 2 aromatic rings. The van der Waals surface area contributed by atoms with Crippen LogP contribution in [0.1, 0.15) is 41.8 Å². The van der Waals surface area contributed by atoms with E-state index in [-0.39, 0.29) is 11.7 Å². The van der Waals surface area contributed by atoms with Crippen LogP contribution < -0.4 is 11.1 Å². The van der Waals surface area contributed by atoms with E-state index >= 15 is 0 Å². The molecule has 1 aromatic heterocycles. The van der Waals surface area contributed by atoms with Crippen molar-refractivity contribution in [1.29, 1.82) is 0 Å². The van der Waals surface area contributed by atoms with Gasteiger partial charge >= 0.3 is 0 Å². The molecule has 3 N–H and O–H groups in total. The first-order chi connectivity index (χ1) is 11.2. The molecule has 0 saturated carbocycles. The monoisotopic (exact) mass is 337 g/mol. The van der Waals surface area contributed by atoms with Gasteiger partial charge in [0.2, 0.25) is 5.82 Å². The maximum absolute atomic E-state index is 13.1. The topological polar surface area (TPSA) is 85.8 Å². The molecule has 0 saturated heterocycles. The number of hydrogen-bond donors (Lipinski definition) is 2. The Morgan fingerprint density at radius 2 is 2.04 bits per heavy atom. The summed E-state index contributed by atoms with van der Waals surface area (Å²) in [5, 5.41) is 6.28. The first-order valence-corrected chi connectivity index (χ1v) is 7.64. The van der Waals surface area contributed by atoms with Crippen molar-refractivity contribution in [1.82, 2.24) is 20.1 Å². The number of aryl methyl sites for hydroxylation is 1. The summed E-state index contributed by atoms with van der Waals surface area (Å²) in [6, 6.07) is 7.64. The van der Waals surface area contributed by atoms with Crippen LogP contribution in [0.2, 0.25) is 0 Å². The quantitative estimate of drug-likeness (QED) is 0.844. The molecule has 0 spiro atoms. The summed E-state index contributed by atoms with van der Waals surface area (Å²) in [6.45, 7) is 4.12. The first-order valence-electron chi connectivity index (χ1n) is 7.64. The van der Waals surface area contributed by atoms with Crippen LogP contribution in [-0.2, 0) is 0 Å². The molecule has 0 aliphatic heterocycles. The third-order valence-corrected chi connectivity index (χ3v) is 3.57. The van der Waals surface area contributed by atoms with Gasteiger partial charge < -0.3 is 11.1 Å². The number of rotatable bonds is 6. The zero-order valence-electron chi connectivity index (χ0n) is 13.9. The number of benzene rings is 1. The van der Waals surface area contributed by atoms with Crippen molar-refractivity contribution in [3.8, 4) is 5.69 Å². The third kappa shape index (κ3) is 3.94. The number of nitrogens with one attached hydrogen (secondary N) is 1. The number of carbonyl (C=O) groups excluding carboxylic acids is 1. The van der Waals surface area contributed by atoms with E-state index in [1.807, 2.05) is 38.1 Å². The van der Waals surface area contributed by atoms with Crippen LogP contribution in [-0.4, -0.2) is 39.7 Å². The predicted molar refractivity (Wildman–Crippen MR) is 86.5 cm³/mol. The lowest BCUT2D eigenvalue weighted by atomic mass is 10.0. The molecule has 1 heterocycles. The maximum Gasteiger partial charge on any atom is 0.291 e. The van der Waals surface area contributed by atoms with Crippen LogP contribution in [0.3, 0.4) is 0 Å². The Bertz CT molecular complexity index is 727. The van der Waals surface area contributed by atoms with Gasteiger partial charge in [0, 0.05) is 0 Å². The highest BCUT2D eigenvalue weighted by Gasteiger charge is 2.28. The van der Waals surface area contributed by atoms with Gasteiger partial charge in [0.1, 0.15) is 5.82 Å². The molecule has 0 fully saturated rings. The number of halogens is 2. The Morgan fingerprint density at radius 3 is 2.67 bits per heavy atom. The Hall–Kier alpha value is -2.35. The fourth-order valence-corrected chi connectivity index (χ4v) is 2.24. The molecule has 0 atom stereocenters. The lowest BCUT2D eigenvalue weighted by Crippen LogP contribution is -2.41. The largest absolute Gasteiger partial charge is 0.343 e. The molecular weight excluding hydrogens is 316 g/mol. The minimum absolute atomic E-state index is 0.154. The normalized spacial score (nSPS) is 11.8. The summed E-state index contributed by atoms with van der Waals surface area (Å²) in [5.74, 6) is -3.31. The van der Waals surface area contributed by atoms with Crippen LogP contribution >= 0.6 is 0 Å². The van der Waals surface area contributed by atoms with E-state index in [4.69, 9.17) is 5.73 Å². The molecule has 0 unspecified atom stereocenters. The average molecular weight is 337 g/mol. The Morgan fingerprint density at radius 1 is 1.38 bits per heavy atom. The predicted octanol–water partition coefficient (Wildman–Crippen LogP) is 2.02. The van der Waals surface area contributed by atoms with Crippen molar-refractivity contribution in [3.63, 3.8) is 0 Å². The molecule has 0 aliphatic carbocycles. The van der Waals surface area contributed by atoms with E-state index < -0.39 is 24.9 Å². The number of amides is 1. The van der Waals surface area contributed by atoms with E-state index in [0.717, 1.165) is 11.3 Å². The lowest BCUT2D eigenvalue weighted by molar-refractivity contribution is 0.0117. The van der Waals surface area contributed by atoms with Crippen molar-refractivity contribution in [3.05, 3.63) is 41.5 Å². The minimum atomic E-state index is -3.16. The SMILES string of the molecule is Cc1nc(C(=O)NCC(F)(F)CN)nn1-c1ccccc1C(C)C. The third-order valence-electron chi connectivity index (χ3n) is 3.57. The maximum atomic E-state index is 13.1. The highest BCUT2D eigenvalue weighted by Crippen LogP contribution is 2.23. The summed E-state index contributed by atoms with van der Waals surface area (Å²) >= 11 is 0. The van der Waals surface area contributed by atoms with Gasteiger partial charge in [0.15, 0.2) is 0 Å². The number of aromatic nitrogens is 3. The molecule has 24 heavy (non-hydrogen) atoms. The van der Waals surface area contributed by atoms with E-state index in [2.05, 4.69) is 15.4 Å². The molecule has 0 radical (unpaired) electrons. The van der Waals surface area contributed by atoms with Crippen molar-refractivity contribution in [2.24, 2.45) is 5.73 Å². The number of para-hydroxylation sites is 1. The van der Waals surface area contributed by atoms with Gasteiger partial charge in [-0.25, -0.2) is 18.4 Å². The Labute approximate surface area is 139 Å². The second-order valence-electron chi connectivity index (χ2n) is 5.85. The molecule has 1 amide bonds. The van der Waals surface area contributed by atoms with E-state index in [1.54, 1.807) is 11.6 Å². The summed E-state index contributed by atoms with van der Waals surface area (Å²) in [5.41, 5.74) is 6.80. The average Bonchev–Trinajstić information content (AvgIpc) is 2.94. The molecule has 130 valence electrons. The number of nitrogens with zero attached hydrogens (tertiary/aromatic N) is 3. The highest BCUT2D eigenvalue weighted by atomic mass is 19.3. The number of carbonyl (C=O) groups is 1. The van der Waals surface area contributed by atoms with Crippen LogP contribution in [0.4, 0.5) is 8.78 Å². The number of alkyl halides is 2. The lowest BCUT2D eigenvalue weighted by Gasteiger charge is -2.13. The van der Waals surface area contributed by atoms with Gasteiger partial charge in [-0.1, -0.05) is 32.0 Å². The van der Waals surface area contributed by atoms with Crippen molar-refractivity contribution in [2.75, 3.05) is 13.1 Å². The van der Waals surface area contributed by atoms with Gasteiger partial charge in [-0.05, 0) is 24.5 Å². The second kappa shape index (κ2) is 7.04. The van der Waals surface area contributed by atoms with E-state index in [1.165, 1.54) is 0 Å². The molecule has 0 aliphatic rings. The Kier molecular flexibility index (Phi) is 5.28. The number of hydrogen-bond acceptors (Lipinski definition) is 4. The zero-order valence-corrected chi connectivity index (χ0v) is 13.9. The summed E-state index contributed by atoms with van der Waals surface area (Å²) < 4.78 is 27.8. The highest BCUT2D eigenvalue weighted by molar-refractivity contribution is 5.90. The summed E-state index contributed by atoms with van der Waals surface area (Å²) in [6.07, 6.45) is 0. The minimum Gasteiger partial charge on any atom is -0.343 e. The zero-order chi connectivity index (χ0) is 17.9. The van der Waals surface area contributed by atoms with E-state index in [9.17, 15) is 13.6 Å². The van der Waals surface area contributed by atoms with Crippen LogP contribution in [0.25, 0.3) is 5.69 Å². The first kappa shape index (κ1) is 18.0. The van der Waals surface area contributed by atoms with Crippen LogP contribution in [0.15, 0.2) is 24.3 Å². The van der Waals surface area contributed by atoms with Crippen LogP contribution in [0.5, 0.6) is 0 Å². The summed E-state index contributed by atoms with van der Waals surface area (Å²) in [4.78, 5) is 16.1. The molecular formula is C16H21F2N5O. The second-order valence-corrected chi connectivity index (χ2v) is 5.85. The van der Waals surface area contributed by atoms with Gasteiger partial charge in [0.05, 0.1) is 18.8 Å². The Balaban J connectivity index is 2.27. The van der Waals surface area contributed by atoms with Gasteiger partial charge in [0.25, 0.3) is 11.8 Å². The van der Waals surface area contributed by atoms with Gasteiger partial charge in [-0.3, -0.25) is 4.79 Å².